The largest absolute Gasteiger partial charge is 1.00 e. The zero-order valence-corrected chi connectivity index (χ0v) is 9.90. The molecule has 0 bridgehead atoms. The number of hydrogen-bond donors (Lipinski definition) is 2. The number of rotatable bonds is 0. The van der Waals surface area contributed by atoms with E-state index in [9.17, 15) is 0 Å². The molecule has 0 spiro atoms. The van der Waals surface area contributed by atoms with E-state index in [0.29, 0.717) is 0 Å². The van der Waals surface area contributed by atoms with Gasteiger partial charge in [-0.05, 0) is 0 Å². The smallest absolute Gasteiger partial charge is 0.847 e. The van der Waals surface area contributed by atoms with Gasteiger partial charge in [0.05, 0.1) is 0 Å². The molecule has 0 aromatic rings. The van der Waals surface area contributed by atoms with Crippen LogP contribution in [0.15, 0.2) is 0 Å². The van der Waals surface area contributed by atoms with Crippen LogP contribution in [-0.4, -0.2) is 6.02 Å². The van der Waals surface area contributed by atoms with Crippen molar-refractivity contribution in [3.05, 3.63) is 6.92 Å². The van der Waals surface area contributed by atoms with E-state index in [4.69, 9.17) is 10.5 Å². The third kappa shape index (κ3) is 2610. The minimum atomic E-state index is -1.08. The van der Waals surface area contributed by atoms with Crippen molar-refractivity contribution in [2.75, 3.05) is 0 Å². The second-order valence-electron chi connectivity index (χ2n) is 0.364. The molecule has 3 nitrogen and oxygen atoms in total. The molecule has 0 fully saturated rings. The Labute approximate surface area is 63.9 Å². The first kappa shape index (κ1) is 15.7. The van der Waals surface area contributed by atoms with E-state index in [2.05, 4.69) is 12.7 Å². The van der Waals surface area contributed by atoms with E-state index in [1.165, 1.54) is 0 Å². The molecule has 4 heteroatoms. The molecule has 0 aromatic heterocycles. The molecule has 2 radical (unpaired) electrons. The monoisotopic (exact) mass is 290 g/mol. The van der Waals surface area contributed by atoms with Crippen LogP contribution < -0.4 is 10.8 Å². The predicted molar refractivity (Wildman–Crippen MR) is 22.9 cm³/mol. The average Bonchev–Trinajstić information content (AvgIpc) is 1.41. The molecule has 0 amide bonds. The second kappa shape index (κ2) is 16.4. The summed E-state index contributed by atoms with van der Waals surface area (Å²) in [5.41, 5.74) is 4.14. The summed E-state index contributed by atoms with van der Waals surface area (Å²) in [6, 6.07) is -1.08. The van der Waals surface area contributed by atoms with Gasteiger partial charge in [0, 0.05) is 6.02 Å². The van der Waals surface area contributed by atoms with E-state index in [1.54, 1.807) is 6.92 Å². The fourth-order valence-corrected chi connectivity index (χ4v) is 0. The topological polar surface area (TPSA) is 72.9 Å². The quantitative estimate of drug-likeness (QED) is 0.344. The van der Waals surface area contributed by atoms with Crippen LogP contribution in [0.2, 0.25) is 0 Å². The summed E-state index contributed by atoms with van der Waals surface area (Å²) in [4.78, 5) is 0. The van der Waals surface area contributed by atoms with Crippen molar-refractivity contribution in [3.63, 3.8) is 0 Å². The molecule has 0 rings (SSSR count). The summed E-state index contributed by atoms with van der Waals surface area (Å²) in [6.07, 6.45) is 0. The second-order valence-corrected chi connectivity index (χ2v) is 0.364. The number of nitrogens with two attached hydrogens (primary N) is 1. The van der Waals surface area contributed by atoms with Gasteiger partial charge >= 0.3 is 27.7 Å². The van der Waals surface area contributed by atoms with Gasteiger partial charge in [0.25, 0.3) is 0 Å². The summed E-state index contributed by atoms with van der Waals surface area (Å²) >= 11 is 0. The predicted octanol–water partition coefficient (Wildman–Crippen LogP) is -0.922. The third-order valence-corrected chi connectivity index (χ3v) is 0. The Balaban J connectivity index is -0.0000000480. The van der Waals surface area contributed by atoms with Gasteiger partial charge in [-0.15, -0.1) is 0 Å². The van der Waals surface area contributed by atoms with Crippen LogP contribution in [0.3, 0.4) is 0 Å². The van der Waals surface area contributed by atoms with Gasteiger partial charge in [0.1, 0.15) is 0 Å². The van der Waals surface area contributed by atoms with Crippen LogP contribution >= 0.6 is 0 Å². The van der Waals surface area contributed by atoms with Gasteiger partial charge in [-0.25, -0.2) is 0 Å². The van der Waals surface area contributed by atoms with Gasteiger partial charge in [-0.3, -0.25) is 5.41 Å². The molecule has 0 saturated heterocycles. The van der Waals surface area contributed by atoms with Crippen molar-refractivity contribution >= 4 is 6.02 Å². The Bertz CT molecular complexity index is 35.9. The zero-order valence-electron chi connectivity index (χ0n) is 4.40. The first-order chi connectivity index (χ1) is 2.73. The van der Waals surface area contributed by atoms with Crippen LogP contribution in [0.25, 0.3) is 0 Å². The maximum Gasteiger partial charge on any atom is 1.00 e. The summed E-state index contributed by atoms with van der Waals surface area (Å²) in [5, 5.41) is 14.6. The van der Waals surface area contributed by atoms with Gasteiger partial charge < -0.3 is 10.8 Å². The number of hydrogen-bond acceptors (Lipinski definition) is 2. The summed E-state index contributed by atoms with van der Waals surface area (Å²) in [6.45, 7) is 5.00. The Morgan fingerprint density at radius 2 is 1.71 bits per heavy atom. The van der Waals surface area contributed by atoms with Crippen LogP contribution in [0.1, 0.15) is 6.92 Å². The third-order valence-electron chi connectivity index (χ3n) is 0. The Kier molecular flexibility index (Phi) is 36.7. The van der Waals surface area contributed by atoms with Crippen LogP contribution in [0.5, 0.6) is 0 Å². The number of amidine groups is 1. The van der Waals surface area contributed by atoms with Crippen LogP contribution in [0.4, 0.5) is 0 Å². The van der Waals surface area contributed by atoms with Crippen molar-refractivity contribution in [2.24, 2.45) is 5.73 Å². The fraction of sp³-hybridized carbons (Fsp3) is 0.333. The van der Waals surface area contributed by atoms with E-state index in [-0.39, 0.29) is 27.7 Å². The summed E-state index contributed by atoms with van der Waals surface area (Å²) in [5.74, 6) is 0. The first-order valence-corrected chi connectivity index (χ1v) is 1.45. The zero-order chi connectivity index (χ0) is 5.58. The minimum absolute atomic E-state index is 0. The van der Waals surface area contributed by atoms with Crippen molar-refractivity contribution in [2.45, 2.75) is 6.92 Å². The maximum absolute atomic E-state index is 8.89. The van der Waals surface area contributed by atoms with Crippen molar-refractivity contribution in [1.29, 1.82) is 5.41 Å². The van der Waals surface area contributed by atoms with Crippen molar-refractivity contribution < 1.29 is 32.8 Å². The standard InChI is InChI=1S/C2H5.CH4N2O.Hg/c1-2;2-1(3)4;/h1H2,2H3;(H4,2,3,4);/q;;+1/p-1. The molecule has 0 atom stereocenters. The maximum atomic E-state index is 8.89. The molecule has 7 heavy (non-hydrogen) atoms. The molecule has 0 saturated carbocycles. The van der Waals surface area contributed by atoms with Crippen LogP contribution in [0, 0.1) is 12.3 Å². The molecule has 0 aromatic carbocycles. The van der Waals surface area contributed by atoms with Crippen molar-refractivity contribution in [3.8, 4) is 0 Å². The molecule has 38 valence electrons. The Morgan fingerprint density at radius 3 is 1.71 bits per heavy atom. The molecule has 0 aliphatic carbocycles. The van der Waals surface area contributed by atoms with Crippen LogP contribution in [-0.2, 0) is 27.7 Å². The first-order valence-electron chi connectivity index (χ1n) is 1.45. The molecular formula is C3H8HgN2O. The molecule has 0 unspecified atom stereocenters. The van der Waals surface area contributed by atoms with Gasteiger partial charge in [0.2, 0.25) is 0 Å². The molecule has 0 aliphatic rings. The van der Waals surface area contributed by atoms with E-state index < -0.39 is 6.02 Å². The average molecular weight is 289 g/mol. The van der Waals surface area contributed by atoms with Gasteiger partial charge in [0.15, 0.2) is 0 Å². The van der Waals surface area contributed by atoms with E-state index in [1.807, 2.05) is 0 Å². The minimum Gasteiger partial charge on any atom is -0.847 e. The number of nitrogens with one attached hydrogen (secondary N) is 1. The van der Waals surface area contributed by atoms with E-state index in [0.717, 1.165) is 0 Å². The molecule has 0 heterocycles. The Hall–Kier alpha value is 0.205. The van der Waals surface area contributed by atoms with Gasteiger partial charge in [-0.1, -0.05) is 13.8 Å². The summed E-state index contributed by atoms with van der Waals surface area (Å²) in [7, 11) is 0. The molecule has 0 aliphatic heterocycles. The van der Waals surface area contributed by atoms with Gasteiger partial charge in [-0.2, -0.15) is 0 Å². The normalized spacial score (nSPS) is 4.29. The summed E-state index contributed by atoms with van der Waals surface area (Å²) < 4.78 is 0. The fourth-order valence-electron chi connectivity index (χ4n) is 0. The molecule has 3 N–H and O–H groups in total. The molecular weight excluding hydrogens is 281 g/mol. The van der Waals surface area contributed by atoms with E-state index >= 15 is 0 Å². The SMILES string of the molecule is N=C(N)[O-].[CH2]C.[Hg+]. The Morgan fingerprint density at radius 1 is 1.71 bits per heavy atom. The van der Waals surface area contributed by atoms with Crippen molar-refractivity contribution in [1.82, 2.24) is 0 Å².